The maximum atomic E-state index is 6.57. The van der Waals surface area contributed by atoms with Gasteiger partial charge in [-0.1, -0.05) is 164 Å². The van der Waals surface area contributed by atoms with Crippen molar-refractivity contribution in [3.05, 3.63) is 235 Å². The van der Waals surface area contributed by atoms with E-state index in [4.69, 9.17) is 14.4 Å². The zero-order valence-corrected chi connectivity index (χ0v) is 33.5. The van der Waals surface area contributed by atoms with Gasteiger partial charge in [-0.15, -0.1) is 0 Å². The van der Waals surface area contributed by atoms with E-state index in [1.165, 1.54) is 55.6 Å². The molecule has 4 heteroatoms. The van der Waals surface area contributed by atoms with Gasteiger partial charge in [-0.3, -0.25) is 4.98 Å². The average Bonchev–Trinajstić information content (AvgIpc) is 3.83. The second kappa shape index (κ2) is 13.4. The summed E-state index contributed by atoms with van der Waals surface area (Å²) in [6.07, 6.45) is 3.69. The van der Waals surface area contributed by atoms with Gasteiger partial charge in [0.1, 0.15) is 11.2 Å². The minimum absolute atomic E-state index is 0.672. The number of benzene rings is 8. The number of rotatable bonds is 4. The van der Waals surface area contributed by atoms with Crippen LogP contribution in [-0.2, 0) is 5.41 Å². The van der Waals surface area contributed by atoms with Gasteiger partial charge >= 0.3 is 0 Å². The van der Waals surface area contributed by atoms with Crippen LogP contribution in [0.5, 0.6) is 0 Å². The molecule has 2 aliphatic carbocycles. The SMILES string of the molecule is c1ccc(-c2cc(-c3ccc4c(c3)C3(c5ccccc5-c5ccccc5-4)c4ccccc4-c4cc5oc6ccccc6c5cc43)nc(-c3ccc(-c4cccnc4)cc3)n2)cc1. The minimum atomic E-state index is -0.681. The van der Waals surface area contributed by atoms with Crippen molar-refractivity contribution >= 4 is 21.9 Å². The first-order valence-electron chi connectivity index (χ1n) is 21.1. The van der Waals surface area contributed by atoms with Crippen molar-refractivity contribution in [1.29, 1.82) is 0 Å². The highest BCUT2D eigenvalue weighted by Crippen LogP contribution is 2.62. The fourth-order valence-electron chi connectivity index (χ4n) is 10.3. The van der Waals surface area contributed by atoms with Crippen molar-refractivity contribution < 1.29 is 4.42 Å². The first kappa shape index (κ1) is 34.6. The summed E-state index contributed by atoms with van der Waals surface area (Å²) in [5, 5.41) is 2.23. The first-order chi connectivity index (χ1) is 30.7. The topological polar surface area (TPSA) is 51.8 Å². The number of nitrogens with zero attached hydrogens (tertiary/aromatic N) is 3. The van der Waals surface area contributed by atoms with E-state index in [0.717, 1.165) is 61.1 Å². The highest BCUT2D eigenvalue weighted by Gasteiger charge is 2.50. The summed E-state index contributed by atoms with van der Waals surface area (Å²) in [5.41, 5.74) is 20.2. The van der Waals surface area contributed by atoms with Crippen LogP contribution in [-0.4, -0.2) is 15.0 Å². The third kappa shape index (κ3) is 5.04. The van der Waals surface area contributed by atoms with Gasteiger partial charge in [0.05, 0.1) is 16.8 Å². The molecule has 0 radical (unpaired) electrons. The van der Waals surface area contributed by atoms with Crippen LogP contribution >= 0.6 is 0 Å². The Labute approximate surface area is 358 Å². The van der Waals surface area contributed by atoms with Gasteiger partial charge in [-0.2, -0.15) is 0 Å². The number of hydrogen-bond donors (Lipinski definition) is 0. The Balaban J connectivity index is 1.10. The van der Waals surface area contributed by atoms with Gasteiger partial charge in [0.25, 0.3) is 0 Å². The number of para-hydroxylation sites is 1. The second-order valence-electron chi connectivity index (χ2n) is 16.3. The van der Waals surface area contributed by atoms with Crippen LogP contribution in [0.4, 0.5) is 0 Å². The van der Waals surface area contributed by atoms with Gasteiger partial charge in [0.2, 0.25) is 0 Å². The Hall–Kier alpha value is -8.21. The normalized spacial score (nSPS) is 14.5. The Bertz CT molecular complexity index is 3570. The van der Waals surface area contributed by atoms with Crippen LogP contribution in [0.3, 0.4) is 0 Å². The molecule has 62 heavy (non-hydrogen) atoms. The fourth-order valence-corrected chi connectivity index (χ4v) is 10.3. The molecule has 288 valence electrons. The Kier molecular flexibility index (Phi) is 7.49. The van der Waals surface area contributed by atoms with Crippen molar-refractivity contribution in [2.75, 3.05) is 0 Å². The molecule has 3 aromatic heterocycles. The predicted octanol–water partition coefficient (Wildman–Crippen LogP) is 14.4. The van der Waals surface area contributed by atoms with Crippen LogP contribution in [0.2, 0.25) is 0 Å². The summed E-state index contributed by atoms with van der Waals surface area (Å²) in [7, 11) is 0. The van der Waals surface area contributed by atoms with Crippen molar-refractivity contribution in [1.82, 2.24) is 15.0 Å². The van der Waals surface area contributed by atoms with Gasteiger partial charge in [0.15, 0.2) is 5.82 Å². The molecule has 0 amide bonds. The molecule has 0 saturated carbocycles. The third-order valence-corrected chi connectivity index (χ3v) is 13.0. The Morgan fingerprint density at radius 2 is 0.919 bits per heavy atom. The lowest BCUT2D eigenvalue weighted by molar-refractivity contribution is 0.668. The number of fused-ring (bicyclic) bond motifs is 15. The molecule has 11 aromatic rings. The molecule has 0 bridgehead atoms. The predicted molar refractivity (Wildman–Crippen MR) is 251 cm³/mol. The summed E-state index contributed by atoms with van der Waals surface area (Å²) in [6, 6.07) is 72.1. The fraction of sp³-hybridized carbons (Fsp3) is 0.0172. The van der Waals surface area contributed by atoms with E-state index in [1.807, 2.05) is 24.4 Å². The van der Waals surface area contributed by atoms with E-state index < -0.39 is 5.41 Å². The monoisotopic (exact) mass is 789 g/mol. The van der Waals surface area contributed by atoms with Gasteiger partial charge in [0, 0.05) is 39.9 Å². The van der Waals surface area contributed by atoms with Crippen LogP contribution in [0.15, 0.2) is 217 Å². The van der Waals surface area contributed by atoms with Gasteiger partial charge in [-0.05, 0) is 103 Å². The number of aromatic nitrogens is 3. The van der Waals surface area contributed by atoms with E-state index in [1.54, 1.807) is 6.20 Å². The van der Waals surface area contributed by atoms with Gasteiger partial charge < -0.3 is 4.42 Å². The molecule has 13 rings (SSSR count). The number of furan rings is 1. The standard InChI is InChI=1S/C58H35N3O/c1-2-13-37(14-3-1)53-34-54(61-57(60-53)38-26-24-36(25-27-38)40-15-12-30-59-35-40)39-28-29-45-42-17-5-4-16-41(42)43-18-6-9-21-49(43)58(51(45)31-39)50-22-10-7-19-44(50)47-33-56-48(32-52(47)58)46-20-8-11-23-55(46)62-56/h1-35H. The molecular weight excluding hydrogens is 755 g/mol. The van der Waals surface area contributed by atoms with Crippen molar-refractivity contribution in [3.8, 4) is 78.4 Å². The lowest BCUT2D eigenvalue weighted by Crippen LogP contribution is -2.29. The molecule has 3 heterocycles. The van der Waals surface area contributed by atoms with Crippen molar-refractivity contribution in [2.45, 2.75) is 5.41 Å². The molecule has 0 aliphatic heterocycles. The summed E-state index contributed by atoms with van der Waals surface area (Å²) in [4.78, 5) is 14.9. The molecule has 1 atom stereocenters. The molecule has 0 saturated heterocycles. The summed E-state index contributed by atoms with van der Waals surface area (Å²) in [5.74, 6) is 0.672. The zero-order chi connectivity index (χ0) is 40.8. The summed E-state index contributed by atoms with van der Waals surface area (Å²) < 4.78 is 6.57. The average molecular weight is 790 g/mol. The largest absolute Gasteiger partial charge is 0.456 e. The highest BCUT2D eigenvalue weighted by atomic mass is 16.3. The zero-order valence-electron chi connectivity index (χ0n) is 33.5. The van der Waals surface area contributed by atoms with E-state index in [-0.39, 0.29) is 0 Å². The Morgan fingerprint density at radius 1 is 0.339 bits per heavy atom. The van der Waals surface area contributed by atoms with E-state index in [0.29, 0.717) is 5.82 Å². The Morgan fingerprint density at radius 3 is 1.66 bits per heavy atom. The maximum Gasteiger partial charge on any atom is 0.160 e. The molecule has 1 unspecified atom stereocenters. The molecule has 1 spiro atoms. The third-order valence-electron chi connectivity index (χ3n) is 13.0. The number of pyridine rings is 1. The van der Waals surface area contributed by atoms with E-state index >= 15 is 0 Å². The van der Waals surface area contributed by atoms with E-state index in [2.05, 4.69) is 187 Å². The van der Waals surface area contributed by atoms with Gasteiger partial charge in [-0.25, -0.2) is 9.97 Å². The van der Waals surface area contributed by atoms with Crippen LogP contribution in [0.25, 0.3) is 100 Å². The molecule has 2 aliphatic rings. The van der Waals surface area contributed by atoms with Crippen molar-refractivity contribution in [2.24, 2.45) is 0 Å². The summed E-state index contributed by atoms with van der Waals surface area (Å²) in [6.45, 7) is 0. The smallest absolute Gasteiger partial charge is 0.160 e. The minimum Gasteiger partial charge on any atom is -0.456 e. The number of hydrogen-bond acceptors (Lipinski definition) is 4. The molecule has 4 nitrogen and oxygen atoms in total. The molecule has 0 N–H and O–H groups in total. The van der Waals surface area contributed by atoms with E-state index in [9.17, 15) is 0 Å². The lowest BCUT2D eigenvalue weighted by Gasteiger charge is -2.35. The molecule has 0 fully saturated rings. The van der Waals surface area contributed by atoms with Crippen LogP contribution in [0, 0.1) is 0 Å². The lowest BCUT2D eigenvalue weighted by atomic mass is 9.65. The second-order valence-corrected chi connectivity index (χ2v) is 16.3. The van der Waals surface area contributed by atoms with Crippen LogP contribution in [0.1, 0.15) is 22.3 Å². The van der Waals surface area contributed by atoms with Crippen LogP contribution < -0.4 is 0 Å². The molecule has 8 aromatic carbocycles. The van der Waals surface area contributed by atoms with Crippen molar-refractivity contribution in [3.63, 3.8) is 0 Å². The maximum absolute atomic E-state index is 6.57. The highest BCUT2D eigenvalue weighted by molar-refractivity contribution is 6.09. The molecular formula is C58H35N3O. The summed E-state index contributed by atoms with van der Waals surface area (Å²) >= 11 is 0. The quantitative estimate of drug-likeness (QED) is 0.178. The first-order valence-corrected chi connectivity index (χ1v) is 21.1.